The van der Waals surface area contributed by atoms with Crippen LogP contribution in [0.4, 0.5) is 0 Å². The molecule has 0 spiro atoms. The third-order valence-electron chi connectivity index (χ3n) is 2.93. The minimum absolute atomic E-state index is 0.0703. The SMILES string of the molecule is CC(CC(=O)O)NC(=O)c1ccc(C2SCCS2)cc1. The van der Waals surface area contributed by atoms with Crippen molar-refractivity contribution in [2.45, 2.75) is 24.0 Å². The van der Waals surface area contributed by atoms with E-state index in [1.54, 1.807) is 19.1 Å². The molecular formula is C14H17NO3S2. The van der Waals surface area contributed by atoms with Crippen molar-refractivity contribution in [1.82, 2.24) is 5.32 Å². The summed E-state index contributed by atoms with van der Waals surface area (Å²) in [6.07, 6.45) is -0.0703. The van der Waals surface area contributed by atoms with Gasteiger partial charge in [0.2, 0.25) is 0 Å². The number of carboxylic acids is 1. The van der Waals surface area contributed by atoms with Gasteiger partial charge in [-0.1, -0.05) is 12.1 Å². The summed E-state index contributed by atoms with van der Waals surface area (Å²) in [6, 6.07) is 7.19. The van der Waals surface area contributed by atoms with Gasteiger partial charge in [-0.2, -0.15) is 0 Å². The van der Waals surface area contributed by atoms with Gasteiger partial charge in [0, 0.05) is 23.1 Å². The topological polar surface area (TPSA) is 66.4 Å². The largest absolute Gasteiger partial charge is 0.481 e. The zero-order valence-corrected chi connectivity index (χ0v) is 12.8. The van der Waals surface area contributed by atoms with E-state index in [1.807, 2.05) is 35.7 Å². The first kappa shape index (κ1) is 15.3. The number of thioether (sulfide) groups is 2. The highest BCUT2D eigenvalue weighted by Crippen LogP contribution is 2.45. The van der Waals surface area contributed by atoms with E-state index in [1.165, 1.54) is 17.1 Å². The standard InChI is InChI=1S/C14H17NO3S2/c1-9(8-12(16)17)15-13(18)10-2-4-11(5-3-10)14-19-6-7-20-14/h2-5,9,14H,6-8H2,1H3,(H,15,18)(H,16,17). The number of amides is 1. The lowest BCUT2D eigenvalue weighted by molar-refractivity contribution is -0.137. The van der Waals surface area contributed by atoms with Crippen molar-refractivity contribution in [3.8, 4) is 0 Å². The number of hydrogen-bond donors (Lipinski definition) is 2. The first-order valence-corrected chi connectivity index (χ1v) is 8.52. The van der Waals surface area contributed by atoms with Crippen LogP contribution in [0.5, 0.6) is 0 Å². The van der Waals surface area contributed by atoms with Gasteiger partial charge in [-0.15, -0.1) is 23.5 Å². The van der Waals surface area contributed by atoms with E-state index in [9.17, 15) is 9.59 Å². The number of rotatable bonds is 5. The molecule has 108 valence electrons. The molecule has 1 aromatic carbocycles. The maximum absolute atomic E-state index is 12.0. The number of aliphatic carboxylic acids is 1. The molecule has 6 heteroatoms. The molecule has 0 saturated carbocycles. The van der Waals surface area contributed by atoms with Gasteiger partial charge >= 0.3 is 5.97 Å². The molecule has 0 radical (unpaired) electrons. The third kappa shape index (κ3) is 4.18. The van der Waals surface area contributed by atoms with E-state index >= 15 is 0 Å². The fourth-order valence-electron chi connectivity index (χ4n) is 1.96. The van der Waals surface area contributed by atoms with E-state index < -0.39 is 5.97 Å². The van der Waals surface area contributed by atoms with Crippen molar-refractivity contribution in [2.75, 3.05) is 11.5 Å². The van der Waals surface area contributed by atoms with Crippen molar-refractivity contribution in [3.63, 3.8) is 0 Å². The monoisotopic (exact) mass is 311 g/mol. The molecule has 4 nitrogen and oxygen atoms in total. The predicted molar refractivity (Wildman–Crippen MR) is 83.3 cm³/mol. The van der Waals surface area contributed by atoms with Gasteiger partial charge in [0.1, 0.15) is 0 Å². The summed E-state index contributed by atoms with van der Waals surface area (Å²) in [7, 11) is 0. The Labute approximate surface area is 126 Å². The Kier molecular flexibility index (Phi) is 5.37. The summed E-state index contributed by atoms with van der Waals surface area (Å²) in [5, 5.41) is 11.4. The molecule has 1 aliphatic rings. The van der Waals surface area contributed by atoms with Crippen LogP contribution in [-0.4, -0.2) is 34.5 Å². The van der Waals surface area contributed by atoms with Crippen LogP contribution in [0.1, 0.15) is 33.8 Å². The Morgan fingerprint density at radius 2 is 1.90 bits per heavy atom. The highest BCUT2D eigenvalue weighted by atomic mass is 32.2. The summed E-state index contributed by atoms with van der Waals surface area (Å²) in [6.45, 7) is 1.69. The van der Waals surface area contributed by atoms with Crippen LogP contribution in [0.15, 0.2) is 24.3 Å². The molecular weight excluding hydrogens is 294 g/mol. The van der Waals surface area contributed by atoms with E-state index in [2.05, 4.69) is 5.32 Å². The zero-order chi connectivity index (χ0) is 14.5. The van der Waals surface area contributed by atoms with Crippen LogP contribution in [0.2, 0.25) is 0 Å². The first-order valence-electron chi connectivity index (χ1n) is 6.42. The van der Waals surface area contributed by atoms with E-state index in [4.69, 9.17) is 5.11 Å². The molecule has 1 saturated heterocycles. The summed E-state index contributed by atoms with van der Waals surface area (Å²) in [5.74, 6) is 1.20. The summed E-state index contributed by atoms with van der Waals surface area (Å²) in [4.78, 5) is 22.5. The average Bonchev–Trinajstić information content (AvgIpc) is 2.91. The zero-order valence-electron chi connectivity index (χ0n) is 11.2. The van der Waals surface area contributed by atoms with Crippen molar-refractivity contribution >= 4 is 35.4 Å². The van der Waals surface area contributed by atoms with Gasteiger partial charge in [0.15, 0.2) is 0 Å². The second kappa shape index (κ2) is 7.04. The third-order valence-corrected chi connectivity index (χ3v) is 6.03. The van der Waals surface area contributed by atoms with Gasteiger partial charge in [-0.3, -0.25) is 9.59 Å². The van der Waals surface area contributed by atoms with Crippen LogP contribution in [0.3, 0.4) is 0 Å². The second-order valence-corrected chi connectivity index (χ2v) is 7.39. The lowest BCUT2D eigenvalue weighted by Gasteiger charge is -2.12. The van der Waals surface area contributed by atoms with E-state index in [-0.39, 0.29) is 18.4 Å². The Morgan fingerprint density at radius 3 is 2.45 bits per heavy atom. The van der Waals surface area contributed by atoms with Gasteiger partial charge in [0.25, 0.3) is 5.91 Å². The number of hydrogen-bond acceptors (Lipinski definition) is 4. The van der Waals surface area contributed by atoms with Crippen molar-refractivity contribution < 1.29 is 14.7 Å². The number of carbonyl (C=O) groups excluding carboxylic acids is 1. The highest BCUT2D eigenvalue weighted by molar-refractivity contribution is 8.19. The van der Waals surface area contributed by atoms with Crippen LogP contribution in [-0.2, 0) is 4.79 Å². The Bertz CT molecular complexity index is 484. The van der Waals surface area contributed by atoms with Crippen molar-refractivity contribution in [3.05, 3.63) is 35.4 Å². The molecule has 0 aliphatic carbocycles. The molecule has 0 bridgehead atoms. The average molecular weight is 311 g/mol. The number of carboxylic acid groups (broad SMARTS) is 1. The molecule has 1 aromatic rings. The highest BCUT2D eigenvalue weighted by Gasteiger charge is 2.18. The Balaban J connectivity index is 1.95. The van der Waals surface area contributed by atoms with Crippen LogP contribution in [0, 0.1) is 0 Å². The Hall–Kier alpha value is -1.14. The normalized spacial score (nSPS) is 16.9. The summed E-state index contributed by atoms with van der Waals surface area (Å²) < 4.78 is 0.470. The van der Waals surface area contributed by atoms with Gasteiger partial charge in [0.05, 0.1) is 11.0 Å². The first-order chi connectivity index (χ1) is 9.56. The second-order valence-electron chi connectivity index (χ2n) is 4.67. The summed E-state index contributed by atoms with van der Waals surface area (Å²) in [5.41, 5.74) is 1.80. The molecule has 1 unspecified atom stereocenters. The lowest BCUT2D eigenvalue weighted by Crippen LogP contribution is -2.34. The van der Waals surface area contributed by atoms with E-state index in [0.717, 1.165) is 0 Å². The van der Waals surface area contributed by atoms with Gasteiger partial charge in [-0.25, -0.2) is 0 Å². The molecule has 1 amide bonds. The number of benzene rings is 1. The van der Waals surface area contributed by atoms with Crippen molar-refractivity contribution in [2.24, 2.45) is 0 Å². The fraction of sp³-hybridized carbons (Fsp3) is 0.429. The molecule has 0 aromatic heterocycles. The fourth-order valence-corrected chi connectivity index (χ4v) is 4.82. The van der Waals surface area contributed by atoms with Gasteiger partial charge < -0.3 is 10.4 Å². The molecule has 1 fully saturated rings. The lowest BCUT2D eigenvalue weighted by atomic mass is 10.1. The smallest absolute Gasteiger partial charge is 0.305 e. The molecule has 2 N–H and O–H groups in total. The molecule has 1 heterocycles. The number of carbonyl (C=O) groups is 2. The molecule has 1 atom stereocenters. The quantitative estimate of drug-likeness (QED) is 0.875. The van der Waals surface area contributed by atoms with Crippen molar-refractivity contribution in [1.29, 1.82) is 0 Å². The van der Waals surface area contributed by atoms with E-state index in [0.29, 0.717) is 10.1 Å². The minimum Gasteiger partial charge on any atom is -0.481 e. The maximum atomic E-state index is 12.0. The van der Waals surface area contributed by atoms with Gasteiger partial charge in [-0.05, 0) is 24.6 Å². The molecule has 1 aliphatic heterocycles. The van der Waals surface area contributed by atoms with Crippen LogP contribution < -0.4 is 5.32 Å². The van der Waals surface area contributed by atoms with Crippen LogP contribution in [0.25, 0.3) is 0 Å². The molecule has 2 rings (SSSR count). The van der Waals surface area contributed by atoms with Crippen LogP contribution >= 0.6 is 23.5 Å². The number of nitrogens with one attached hydrogen (secondary N) is 1. The molecule has 20 heavy (non-hydrogen) atoms. The minimum atomic E-state index is -0.913. The predicted octanol–water partition coefficient (Wildman–Crippen LogP) is 2.76. The maximum Gasteiger partial charge on any atom is 0.305 e. The summed E-state index contributed by atoms with van der Waals surface area (Å²) >= 11 is 3.85. The Morgan fingerprint density at radius 1 is 1.30 bits per heavy atom.